The lowest BCUT2D eigenvalue weighted by Crippen LogP contribution is -2.12. The number of amides is 1. The van der Waals surface area contributed by atoms with E-state index >= 15 is 0 Å². The normalized spacial score (nSPS) is 11.0. The Morgan fingerprint density at radius 1 is 1.27 bits per heavy atom. The topological polar surface area (TPSA) is 112 Å². The van der Waals surface area contributed by atoms with Crippen LogP contribution in [-0.2, 0) is 4.74 Å². The second kappa shape index (κ2) is 11.0. The molecular weight excluding hydrogens is 334 g/mol. The van der Waals surface area contributed by atoms with Gasteiger partial charge >= 0.3 is 6.09 Å². The van der Waals surface area contributed by atoms with Crippen molar-refractivity contribution in [3.8, 4) is 17.1 Å². The Labute approximate surface area is 154 Å². The van der Waals surface area contributed by atoms with Gasteiger partial charge in [0, 0.05) is 29.4 Å². The van der Waals surface area contributed by atoms with Crippen molar-refractivity contribution < 1.29 is 14.3 Å². The van der Waals surface area contributed by atoms with Gasteiger partial charge in [-0.2, -0.15) is 0 Å². The van der Waals surface area contributed by atoms with Gasteiger partial charge in [-0.05, 0) is 33.3 Å². The molecule has 0 radical (unpaired) electrons. The molecule has 0 bridgehead atoms. The number of hydrogen-bond donors (Lipinski definition) is 2. The summed E-state index contributed by atoms with van der Waals surface area (Å²) in [6, 6.07) is 3.95. The molecule has 2 rings (SSSR count). The Kier molecular flexibility index (Phi) is 9.00. The van der Waals surface area contributed by atoms with E-state index in [9.17, 15) is 4.79 Å². The molecule has 2 aromatic heterocycles. The summed E-state index contributed by atoms with van der Waals surface area (Å²) >= 11 is 0. The highest BCUT2D eigenvalue weighted by Crippen LogP contribution is 2.23. The van der Waals surface area contributed by atoms with Crippen molar-refractivity contribution in [2.75, 3.05) is 19.0 Å². The van der Waals surface area contributed by atoms with E-state index in [4.69, 9.17) is 10.5 Å². The Balaban J connectivity index is 0.000000597. The minimum atomic E-state index is -0.583. The molecule has 0 aliphatic heterocycles. The van der Waals surface area contributed by atoms with E-state index in [1.165, 1.54) is 13.4 Å². The van der Waals surface area contributed by atoms with E-state index in [1.54, 1.807) is 12.3 Å². The van der Waals surface area contributed by atoms with Crippen molar-refractivity contribution >= 4 is 11.9 Å². The fourth-order valence-electron chi connectivity index (χ4n) is 1.73. The van der Waals surface area contributed by atoms with Crippen LogP contribution in [0.2, 0.25) is 0 Å². The second-order valence-corrected chi connectivity index (χ2v) is 5.57. The largest absolute Gasteiger partial charge is 0.478 e. The first kappa shape index (κ1) is 21.3. The van der Waals surface area contributed by atoms with Crippen LogP contribution in [0.1, 0.15) is 32.8 Å². The van der Waals surface area contributed by atoms with Gasteiger partial charge in [0.15, 0.2) is 0 Å². The van der Waals surface area contributed by atoms with Crippen molar-refractivity contribution in [3.05, 3.63) is 30.2 Å². The maximum Gasteiger partial charge on any atom is 0.412 e. The van der Waals surface area contributed by atoms with E-state index in [1.807, 2.05) is 26.8 Å². The molecule has 1 unspecified atom stereocenters. The summed E-state index contributed by atoms with van der Waals surface area (Å²) in [4.78, 5) is 23.6. The van der Waals surface area contributed by atoms with Gasteiger partial charge in [-0.25, -0.2) is 19.7 Å². The van der Waals surface area contributed by atoms with Gasteiger partial charge < -0.3 is 15.2 Å². The number of pyridine rings is 1. The minimum absolute atomic E-state index is 0.360. The van der Waals surface area contributed by atoms with Crippen molar-refractivity contribution in [3.63, 3.8) is 0 Å². The Morgan fingerprint density at radius 3 is 2.50 bits per heavy atom. The van der Waals surface area contributed by atoms with Crippen molar-refractivity contribution in [1.29, 1.82) is 0 Å². The minimum Gasteiger partial charge on any atom is -0.478 e. The number of nitrogens with zero attached hydrogens (tertiary/aromatic N) is 3. The van der Waals surface area contributed by atoms with Crippen LogP contribution in [0.4, 0.5) is 10.6 Å². The number of methoxy groups -OCH3 is 1. The first-order valence-corrected chi connectivity index (χ1v) is 8.43. The molecule has 2 heterocycles. The summed E-state index contributed by atoms with van der Waals surface area (Å²) in [7, 11) is 1.29. The molecule has 0 spiro atoms. The zero-order valence-electron chi connectivity index (χ0n) is 15.9. The number of aromatic nitrogens is 3. The van der Waals surface area contributed by atoms with E-state index in [0.29, 0.717) is 30.0 Å². The fraction of sp³-hybridized carbons (Fsp3) is 0.444. The lowest BCUT2D eigenvalue weighted by molar-refractivity contribution is 0.187. The molecule has 8 nitrogen and oxygen atoms in total. The zero-order chi connectivity index (χ0) is 19.5. The molecule has 142 valence electrons. The van der Waals surface area contributed by atoms with E-state index in [0.717, 1.165) is 17.5 Å². The van der Waals surface area contributed by atoms with Gasteiger partial charge in [0.2, 0.25) is 5.88 Å². The van der Waals surface area contributed by atoms with Crippen LogP contribution in [-0.4, -0.2) is 40.8 Å². The first-order valence-electron chi connectivity index (χ1n) is 8.43. The number of rotatable bonds is 5. The predicted octanol–water partition coefficient (Wildman–Crippen LogP) is 3.17. The van der Waals surface area contributed by atoms with Gasteiger partial charge in [-0.15, -0.1) is 0 Å². The van der Waals surface area contributed by atoms with Crippen molar-refractivity contribution in [2.24, 2.45) is 5.73 Å². The van der Waals surface area contributed by atoms with Crippen LogP contribution in [0.3, 0.4) is 0 Å². The molecule has 0 aliphatic carbocycles. The third kappa shape index (κ3) is 7.02. The monoisotopic (exact) mass is 361 g/mol. The van der Waals surface area contributed by atoms with Crippen molar-refractivity contribution in [1.82, 2.24) is 15.0 Å². The van der Waals surface area contributed by atoms with Crippen LogP contribution in [0.25, 0.3) is 11.3 Å². The smallest absolute Gasteiger partial charge is 0.412 e. The molecule has 2 aromatic rings. The van der Waals surface area contributed by atoms with Gasteiger partial charge in [0.25, 0.3) is 0 Å². The summed E-state index contributed by atoms with van der Waals surface area (Å²) in [6.45, 7) is 8.46. The lowest BCUT2D eigenvalue weighted by Gasteiger charge is -2.08. The average Bonchev–Trinajstić information content (AvgIpc) is 2.64. The summed E-state index contributed by atoms with van der Waals surface area (Å²) in [5.74, 6) is 0.960. The van der Waals surface area contributed by atoms with Gasteiger partial charge in [-0.3, -0.25) is 5.32 Å². The average molecular weight is 361 g/mol. The van der Waals surface area contributed by atoms with Crippen LogP contribution in [0, 0.1) is 6.92 Å². The van der Waals surface area contributed by atoms with E-state index < -0.39 is 6.09 Å². The molecule has 26 heavy (non-hydrogen) atoms. The van der Waals surface area contributed by atoms with Gasteiger partial charge in [-0.1, -0.05) is 6.92 Å². The fourth-order valence-corrected chi connectivity index (χ4v) is 1.73. The molecule has 1 atom stereocenters. The van der Waals surface area contributed by atoms with Crippen LogP contribution >= 0.6 is 0 Å². The number of nitrogens with two attached hydrogens (primary N) is 1. The lowest BCUT2D eigenvalue weighted by atomic mass is 10.1. The number of carbonyl (C=O) groups is 1. The molecule has 0 fully saturated rings. The number of ether oxygens (including phenoxy) is 2. The molecule has 8 heteroatoms. The Hall–Kier alpha value is -2.74. The Bertz CT molecular complexity index is 707. The standard InChI is InChI=1S/C14H16N4O3.C4H11N/c1-4-21-13-9(2)5-10(7-15-13)11-6-12(17-8-16-11)18-14(19)20-3;1-3-4(2)5/h5-8H,4H2,1-3H3,(H,16,17,18,19);4H,3,5H2,1-2H3. The number of nitrogens with one attached hydrogen (secondary N) is 1. The number of aryl methyl sites for hydroxylation is 1. The molecule has 0 aliphatic rings. The maximum atomic E-state index is 11.2. The molecule has 1 amide bonds. The quantitative estimate of drug-likeness (QED) is 0.841. The number of hydrogen-bond acceptors (Lipinski definition) is 7. The van der Waals surface area contributed by atoms with Crippen LogP contribution < -0.4 is 15.8 Å². The predicted molar refractivity (Wildman–Crippen MR) is 101 cm³/mol. The highest BCUT2D eigenvalue weighted by atomic mass is 16.5. The highest BCUT2D eigenvalue weighted by molar-refractivity contribution is 5.83. The molecule has 0 saturated heterocycles. The number of carbonyl (C=O) groups excluding carboxylic acids is 1. The molecule has 0 saturated carbocycles. The van der Waals surface area contributed by atoms with Crippen LogP contribution in [0.5, 0.6) is 5.88 Å². The van der Waals surface area contributed by atoms with Gasteiger partial charge in [0.1, 0.15) is 12.1 Å². The molecular formula is C18H27N5O3. The summed E-state index contributed by atoms with van der Waals surface area (Å²) in [6.07, 6.45) is 3.54. The van der Waals surface area contributed by atoms with Crippen molar-refractivity contribution in [2.45, 2.75) is 40.2 Å². The molecule has 0 aromatic carbocycles. The Morgan fingerprint density at radius 2 is 1.96 bits per heavy atom. The number of anilines is 1. The second-order valence-electron chi connectivity index (χ2n) is 5.57. The summed E-state index contributed by atoms with van der Waals surface area (Å²) in [5, 5.41) is 2.49. The zero-order valence-corrected chi connectivity index (χ0v) is 15.9. The first-order chi connectivity index (χ1) is 12.4. The highest BCUT2D eigenvalue weighted by Gasteiger charge is 2.08. The third-order valence-electron chi connectivity index (χ3n) is 3.33. The molecule has 3 N–H and O–H groups in total. The van der Waals surface area contributed by atoms with Gasteiger partial charge in [0.05, 0.1) is 19.4 Å². The summed E-state index contributed by atoms with van der Waals surface area (Å²) in [5.41, 5.74) is 7.66. The SMILES string of the molecule is CCC(C)N.CCOc1ncc(-c2cc(NC(=O)OC)ncn2)cc1C. The maximum absolute atomic E-state index is 11.2. The van der Waals surface area contributed by atoms with E-state index in [-0.39, 0.29) is 0 Å². The van der Waals surface area contributed by atoms with E-state index in [2.05, 4.69) is 31.9 Å². The summed E-state index contributed by atoms with van der Waals surface area (Å²) < 4.78 is 9.92. The third-order valence-corrected chi connectivity index (χ3v) is 3.33. The van der Waals surface area contributed by atoms with Crippen LogP contribution in [0.15, 0.2) is 24.7 Å².